The van der Waals surface area contributed by atoms with Gasteiger partial charge in [-0.25, -0.2) is 0 Å². The van der Waals surface area contributed by atoms with E-state index >= 15 is 0 Å². The van der Waals surface area contributed by atoms with Gasteiger partial charge in [-0.05, 0) is 23.1 Å². The van der Waals surface area contributed by atoms with Gasteiger partial charge in [-0.1, -0.05) is 44.2 Å². The fraction of sp³-hybridized carbons (Fsp3) is 0.308. The van der Waals surface area contributed by atoms with E-state index in [1.54, 1.807) is 6.08 Å². The number of rotatable bonds is 1. The van der Waals surface area contributed by atoms with Crippen LogP contribution in [0.3, 0.4) is 0 Å². The normalized spacial score (nSPS) is 26.4. The minimum absolute atomic E-state index is 0.144. The number of hydrogen-bond donors (Lipinski definition) is 0. The number of carbonyl (C=O) groups is 1. The van der Waals surface area contributed by atoms with Gasteiger partial charge in [0.1, 0.15) is 0 Å². The second kappa shape index (κ2) is 3.41. The fourth-order valence-corrected chi connectivity index (χ4v) is 1.91. The molecule has 0 spiro atoms. The minimum Gasteiger partial charge on any atom is -0.295 e. The van der Waals surface area contributed by atoms with Gasteiger partial charge in [0.05, 0.1) is 0 Å². The van der Waals surface area contributed by atoms with E-state index in [1.165, 1.54) is 11.1 Å². The van der Waals surface area contributed by atoms with Gasteiger partial charge in [-0.15, -0.1) is 0 Å². The molecule has 1 nitrogen and oxygen atoms in total. The average Bonchev–Trinajstić information content (AvgIpc) is 2.47. The lowest BCUT2D eigenvalue weighted by Gasteiger charge is -2.12. The number of hydrogen-bond acceptors (Lipinski definition) is 1. The van der Waals surface area contributed by atoms with E-state index in [0.717, 1.165) is 0 Å². The van der Waals surface area contributed by atoms with Crippen LogP contribution in [0.1, 0.15) is 19.4 Å². The highest BCUT2D eigenvalue weighted by atomic mass is 16.1. The molecule has 0 saturated heterocycles. The maximum absolute atomic E-state index is 11.5. The Bertz CT molecular complexity index is 375. The van der Waals surface area contributed by atoms with Gasteiger partial charge in [0.15, 0.2) is 5.78 Å². The quantitative estimate of drug-likeness (QED) is 0.659. The first-order valence-electron chi connectivity index (χ1n) is 5.01. The molecule has 1 aliphatic rings. The zero-order valence-electron chi connectivity index (χ0n) is 8.53. The molecule has 0 bridgehead atoms. The Morgan fingerprint density at radius 2 is 1.64 bits per heavy atom. The van der Waals surface area contributed by atoms with E-state index in [0.29, 0.717) is 5.92 Å². The van der Waals surface area contributed by atoms with E-state index < -0.39 is 0 Å². The first kappa shape index (κ1) is 9.20. The Hall–Kier alpha value is -1.37. The van der Waals surface area contributed by atoms with Crippen LogP contribution in [0, 0.1) is 11.8 Å². The molecule has 0 unspecified atom stereocenters. The van der Waals surface area contributed by atoms with Gasteiger partial charge in [0.25, 0.3) is 0 Å². The van der Waals surface area contributed by atoms with Gasteiger partial charge in [0, 0.05) is 5.92 Å². The molecule has 2 atom stereocenters. The summed E-state index contributed by atoms with van der Waals surface area (Å²) in [5.41, 5.74) is 2.36. The molecule has 2 rings (SSSR count). The lowest BCUT2D eigenvalue weighted by atomic mass is 9.90. The molecule has 0 fully saturated rings. The lowest BCUT2D eigenvalue weighted by molar-refractivity contribution is -0.117. The zero-order valence-corrected chi connectivity index (χ0v) is 8.53. The van der Waals surface area contributed by atoms with E-state index in [2.05, 4.69) is 19.1 Å². The molecule has 0 radical (unpaired) electrons. The first-order valence-corrected chi connectivity index (χ1v) is 5.01. The van der Waals surface area contributed by atoms with Crippen molar-refractivity contribution in [2.45, 2.75) is 13.8 Å². The smallest absolute Gasteiger partial charge is 0.159 e. The highest BCUT2D eigenvalue weighted by Crippen LogP contribution is 2.35. The van der Waals surface area contributed by atoms with Crippen LogP contribution in [0.15, 0.2) is 36.4 Å². The first-order chi connectivity index (χ1) is 6.70. The van der Waals surface area contributed by atoms with Crippen molar-refractivity contribution in [3.8, 4) is 0 Å². The summed E-state index contributed by atoms with van der Waals surface area (Å²) in [5.74, 6) is 0.756. The van der Waals surface area contributed by atoms with Crippen LogP contribution in [0.4, 0.5) is 0 Å². The summed E-state index contributed by atoms with van der Waals surface area (Å²) in [7, 11) is 0. The maximum atomic E-state index is 11.5. The van der Waals surface area contributed by atoms with Crippen molar-refractivity contribution >= 4 is 11.4 Å². The van der Waals surface area contributed by atoms with Gasteiger partial charge in [-0.2, -0.15) is 0 Å². The molecule has 1 aromatic carbocycles. The molecule has 0 saturated carbocycles. The molecular weight excluding hydrogens is 172 g/mol. The Morgan fingerprint density at radius 1 is 1.00 bits per heavy atom. The SMILES string of the molecule is C[C@@H]1C(=O)C=C(c2ccccc2)[C@H]1C. The van der Waals surface area contributed by atoms with Crippen molar-refractivity contribution in [2.75, 3.05) is 0 Å². The monoisotopic (exact) mass is 186 g/mol. The molecule has 0 aliphatic heterocycles. The number of ketones is 1. The zero-order chi connectivity index (χ0) is 10.1. The van der Waals surface area contributed by atoms with Gasteiger partial charge < -0.3 is 0 Å². The summed E-state index contributed by atoms with van der Waals surface area (Å²) in [5, 5.41) is 0. The van der Waals surface area contributed by atoms with Crippen LogP contribution in [0.2, 0.25) is 0 Å². The molecule has 0 N–H and O–H groups in total. The molecular formula is C13H14O. The van der Waals surface area contributed by atoms with Crippen LogP contribution in [0.5, 0.6) is 0 Å². The predicted octanol–water partition coefficient (Wildman–Crippen LogP) is 2.92. The molecule has 0 amide bonds. The summed E-state index contributed by atoms with van der Waals surface area (Å²) >= 11 is 0. The molecule has 14 heavy (non-hydrogen) atoms. The largest absolute Gasteiger partial charge is 0.295 e. The van der Waals surface area contributed by atoms with Gasteiger partial charge in [-0.3, -0.25) is 4.79 Å². The molecule has 1 heteroatoms. The van der Waals surface area contributed by atoms with Crippen molar-refractivity contribution < 1.29 is 4.79 Å². The van der Waals surface area contributed by atoms with Crippen LogP contribution in [-0.4, -0.2) is 5.78 Å². The van der Waals surface area contributed by atoms with Crippen LogP contribution < -0.4 is 0 Å². The van der Waals surface area contributed by atoms with E-state index in [-0.39, 0.29) is 11.7 Å². The van der Waals surface area contributed by atoms with Crippen molar-refractivity contribution in [2.24, 2.45) is 11.8 Å². The number of allylic oxidation sites excluding steroid dienone is 2. The summed E-state index contributed by atoms with van der Waals surface area (Å²) in [4.78, 5) is 11.5. The van der Waals surface area contributed by atoms with Crippen LogP contribution >= 0.6 is 0 Å². The predicted molar refractivity (Wildman–Crippen MR) is 57.8 cm³/mol. The Kier molecular flexibility index (Phi) is 2.24. The van der Waals surface area contributed by atoms with Crippen LogP contribution in [0.25, 0.3) is 5.57 Å². The Morgan fingerprint density at radius 3 is 2.14 bits per heavy atom. The second-order valence-electron chi connectivity index (χ2n) is 3.95. The molecule has 72 valence electrons. The van der Waals surface area contributed by atoms with E-state index in [4.69, 9.17) is 0 Å². The second-order valence-corrected chi connectivity index (χ2v) is 3.95. The average molecular weight is 186 g/mol. The highest BCUT2D eigenvalue weighted by Gasteiger charge is 2.29. The van der Waals surface area contributed by atoms with Crippen molar-refractivity contribution in [1.29, 1.82) is 0 Å². The van der Waals surface area contributed by atoms with Crippen molar-refractivity contribution in [3.63, 3.8) is 0 Å². The Balaban J connectivity index is 2.38. The van der Waals surface area contributed by atoms with Gasteiger partial charge >= 0.3 is 0 Å². The molecule has 0 aromatic heterocycles. The molecule has 1 aliphatic carbocycles. The third kappa shape index (κ3) is 1.39. The van der Waals surface area contributed by atoms with E-state index in [1.807, 2.05) is 25.1 Å². The van der Waals surface area contributed by atoms with Crippen LogP contribution in [-0.2, 0) is 4.79 Å². The fourth-order valence-electron chi connectivity index (χ4n) is 1.91. The molecule has 0 heterocycles. The number of carbonyl (C=O) groups excluding carboxylic acids is 1. The summed E-state index contributed by atoms with van der Waals surface area (Å²) < 4.78 is 0. The Labute approximate surface area is 84.5 Å². The van der Waals surface area contributed by atoms with Crippen molar-refractivity contribution in [3.05, 3.63) is 42.0 Å². The summed E-state index contributed by atoms with van der Waals surface area (Å²) in [6.07, 6.45) is 1.80. The standard InChI is InChI=1S/C13H14O/c1-9-10(2)13(14)8-12(9)11-6-4-3-5-7-11/h3-10H,1-2H3/t9-,10-/m0/s1. The lowest BCUT2D eigenvalue weighted by Crippen LogP contribution is -2.09. The topological polar surface area (TPSA) is 17.1 Å². The third-order valence-electron chi connectivity index (χ3n) is 3.09. The summed E-state index contributed by atoms with van der Waals surface area (Å²) in [6.45, 7) is 4.12. The number of benzene rings is 1. The highest BCUT2D eigenvalue weighted by molar-refractivity contribution is 6.03. The van der Waals surface area contributed by atoms with E-state index in [9.17, 15) is 4.79 Å². The third-order valence-corrected chi connectivity index (χ3v) is 3.09. The van der Waals surface area contributed by atoms with Crippen molar-refractivity contribution in [1.82, 2.24) is 0 Å². The maximum Gasteiger partial charge on any atom is 0.159 e. The van der Waals surface area contributed by atoms with Gasteiger partial charge in [0.2, 0.25) is 0 Å². The minimum atomic E-state index is 0.144. The molecule has 1 aromatic rings. The summed E-state index contributed by atoms with van der Waals surface area (Å²) in [6, 6.07) is 10.1.